The molecular formula is C7H4N2O4. The summed E-state index contributed by atoms with van der Waals surface area (Å²) in [5.41, 5.74) is -0.0289. The highest BCUT2D eigenvalue weighted by atomic mass is 16.6. The maximum Gasteiger partial charge on any atom is 0.311 e. The normalized spacial score (nSPS) is 10.5. The Hall–Kier alpha value is -2.11. The first kappa shape index (κ1) is 7.53. The Bertz CT molecular complexity index is 476. The molecule has 0 aliphatic carbocycles. The van der Waals surface area contributed by atoms with Crippen LogP contribution in [0.3, 0.4) is 0 Å². The van der Waals surface area contributed by atoms with Crippen LogP contribution in [0.1, 0.15) is 0 Å². The van der Waals surface area contributed by atoms with Gasteiger partial charge in [-0.25, -0.2) is 0 Å². The Morgan fingerprint density at radius 1 is 1.54 bits per heavy atom. The van der Waals surface area contributed by atoms with Gasteiger partial charge in [-0.1, -0.05) is 5.16 Å². The highest BCUT2D eigenvalue weighted by Gasteiger charge is 2.15. The monoisotopic (exact) mass is 180 g/mol. The minimum absolute atomic E-state index is 0.322. The van der Waals surface area contributed by atoms with E-state index in [1.165, 1.54) is 18.3 Å². The van der Waals surface area contributed by atoms with Gasteiger partial charge in [-0.3, -0.25) is 10.1 Å². The van der Waals surface area contributed by atoms with Crippen LogP contribution in [0.5, 0.6) is 5.75 Å². The van der Waals surface area contributed by atoms with E-state index in [-0.39, 0.29) is 5.69 Å². The van der Waals surface area contributed by atoms with Gasteiger partial charge >= 0.3 is 5.69 Å². The van der Waals surface area contributed by atoms with Gasteiger partial charge in [0.15, 0.2) is 11.3 Å². The van der Waals surface area contributed by atoms with E-state index >= 15 is 0 Å². The SMILES string of the molecule is O=[N+]([O-])c1cc2cnoc2cc1O. The zero-order valence-electron chi connectivity index (χ0n) is 6.30. The van der Waals surface area contributed by atoms with Crippen molar-refractivity contribution in [3.63, 3.8) is 0 Å². The van der Waals surface area contributed by atoms with Crippen LogP contribution in [0, 0.1) is 10.1 Å². The number of aromatic nitrogens is 1. The summed E-state index contributed by atoms with van der Waals surface area (Å²) in [6.07, 6.45) is 1.35. The van der Waals surface area contributed by atoms with Crippen LogP contribution in [0.2, 0.25) is 0 Å². The Morgan fingerprint density at radius 2 is 2.31 bits per heavy atom. The Kier molecular flexibility index (Phi) is 1.42. The fraction of sp³-hybridized carbons (Fsp3) is 0. The number of aromatic hydroxyl groups is 1. The number of nitro benzene ring substituents is 1. The number of hydrogen-bond acceptors (Lipinski definition) is 5. The van der Waals surface area contributed by atoms with Crippen molar-refractivity contribution in [3.05, 3.63) is 28.4 Å². The van der Waals surface area contributed by atoms with E-state index in [0.29, 0.717) is 11.0 Å². The summed E-state index contributed by atoms with van der Waals surface area (Å²) in [5, 5.41) is 23.5. The molecule has 2 rings (SSSR count). The predicted octanol–water partition coefficient (Wildman–Crippen LogP) is 1.44. The Labute approximate surface area is 71.5 Å². The smallest absolute Gasteiger partial charge is 0.311 e. The molecule has 2 aromatic rings. The minimum atomic E-state index is -0.665. The Morgan fingerprint density at radius 3 is 3.00 bits per heavy atom. The van der Waals surface area contributed by atoms with Crippen molar-refractivity contribution in [2.24, 2.45) is 0 Å². The first-order chi connectivity index (χ1) is 6.18. The molecule has 1 aromatic heterocycles. The highest BCUT2D eigenvalue weighted by molar-refractivity contribution is 5.81. The average Bonchev–Trinajstić information content (AvgIpc) is 2.48. The summed E-state index contributed by atoms with van der Waals surface area (Å²) in [5.74, 6) is -0.422. The zero-order valence-corrected chi connectivity index (χ0v) is 6.30. The van der Waals surface area contributed by atoms with E-state index in [0.717, 1.165) is 0 Å². The molecule has 0 radical (unpaired) electrons. The van der Waals surface area contributed by atoms with Gasteiger partial charge in [0.2, 0.25) is 0 Å². The maximum atomic E-state index is 10.4. The van der Waals surface area contributed by atoms with E-state index in [9.17, 15) is 10.1 Å². The second-order valence-electron chi connectivity index (χ2n) is 2.46. The quantitative estimate of drug-likeness (QED) is 0.529. The molecule has 66 valence electrons. The van der Waals surface area contributed by atoms with Crippen molar-refractivity contribution in [1.29, 1.82) is 0 Å². The first-order valence-corrected chi connectivity index (χ1v) is 3.40. The fourth-order valence-corrected chi connectivity index (χ4v) is 1.04. The molecule has 0 aliphatic rings. The van der Waals surface area contributed by atoms with Crippen LogP contribution in [0.15, 0.2) is 22.9 Å². The van der Waals surface area contributed by atoms with Gasteiger partial charge in [0.05, 0.1) is 11.1 Å². The van der Waals surface area contributed by atoms with E-state index < -0.39 is 10.7 Å². The lowest BCUT2D eigenvalue weighted by Gasteiger charge is -1.93. The van der Waals surface area contributed by atoms with Crippen LogP contribution >= 0.6 is 0 Å². The standard InChI is InChI=1S/C7H4N2O4/c10-6-2-7-4(3-8-13-7)1-5(6)9(11)12/h1-3,10H. The molecule has 6 nitrogen and oxygen atoms in total. The van der Waals surface area contributed by atoms with E-state index in [4.69, 9.17) is 9.63 Å². The van der Waals surface area contributed by atoms with Gasteiger partial charge in [-0.2, -0.15) is 0 Å². The third-order valence-electron chi connectivity index (χ3n) is 1.65. The van der Waals surface area contributed by atoms with Crippen LogP contribution in [0.4, 0.5) is 5.69 Å². The largest absolute Gasteiger partial charge is 0.502 e. The van der Waals surface area contributed by atoms with Gasteiger partial charge in [-0.05, 0) is 0 Å². The number of phenolic OH excluding ortho intramolecular Hbond substituents is 1. The molecule has 0 bridgehead atoms. The molecular weight excluding hydrogens is 176 g/mol. The molecule has 0 fully saturated rings. The number of nitro groups is 1. The lowest BCUT2D eigenvalue weighted by Crippen LogP contribution is -1.87. The molecule has 1 heterocycles. The molecule has 1 N–H and O–H groups in total. The third-order valence-corrected chi connectivity index (χ3v) is 1.65. The van der Waals surface area contributed by atoms with Crippen molar-refractivity contribution in [2.75, 3.05) is 0 Å². The molecule has 0 amide bonds. The molecule has 13 heavy (non-hydrogen) atoms. The molecule has 0 aliphatic heterocycles. The second-order valence-corrected chi connectivity index (χ2v) is 2.46. The van der Waals surface area contributed by atoms with E-state index in [1.54, 1.807) is 0 Å². The number of hydrogen-bond donors (Lipinski definition) is 1. The fourth-order valence-electron chi connectivity index (χ4n) is 1.04. The Balaban J connectivity index is 2.76. The first-order valence-electron chi connectivity index (χ1n) is 3.40. The van der Waals surface area contributed by atoms with Gasteiger partial charge in [0.1, 0.15) is 0 Å². The maximum absolute atomic E-state index is 10.4. The van der Waals surface area contributed by atoms with E-state index in [1.807, 2.05) is 0 Å². The summed E-state index contributed by atoms with van der Waals surface area (Å²) < 4.78 is 4.70. The third kappa shape index (κ3) is 1.08. The molecule has 0 unspecified atom stereocenters. The average molecular weight is 180 g/mol. The number of nitrogens with zero attached hydrogens (tertiary/aromatic N) is 2. The van der Waals surface area contributed by atoms with Crippen molar-refractivity contribution in [2.45, 2.75) is 0 Å². The van der Waals surface area contributed by atoms with Crippen molar-refractivity contribution in [1.82, 2.24) is 5.16 Å². The lowest BCUT2D eigenvalue weighted by atomic mass is 10.2. The lowest BCUT2D eigenvalue weighted by molar-refractivity contribution is -0.385. The van der Waals surface area contributed by atoms with Crippen LogP contribution in [0.25, 0.3) is 11.0 Å². The number of phenols is 1. The number of benzene rings is 1. The van der Waals surface area contributed by atoms with Gasteiger partial charge in [-0.15, -0.1) is 0 Å². The number of fused-ring (bicyclic) bond motifs is 1. The highest BCUT2D eigenvalue weighted by Crippen LogP contribution is 2.30. The van der Waals surface area contributed by atoms with Crippen molar-refractivity contribution < 1.29 is 14.6 Å². The van der Waals surface area contributed by atoms with Gasteiger partial charge in [0.25, 0.3) is 0 Å². The predicted molar refractivity (Wildman–Crippen MR) is 42.3 cm³/mol. The van der Waals surface area contributed by atoms with E-state index in [2.05, 4.69) is 5.16 Å². The van der Waals surface area contributed by atoms with Gasteiger partial charge in [0, 0.05) is 17.5 Å². The van der Waals surface area contributed by atoms with Gasteiger partial charge < -0.3 is 9.63 Å². The van der Waals surface area contributed by atoms with Crippen molar-refractivity contribution in [3.8, 4) is 5.75 Å². The topological polar surface area (TPSA) is 89.4 Å². The summed E-state index contributed by atoms with van der Waals surface area (Å²) in [7, 11) is 0. The summed E-state index contributed by atoms with van der Waals surface area (Å²) >= 11 is 0. The van der Waals surface area contributed by atoms with Crippen LogP contribution < -0.4 is 0 Å². The summed E-state index contributed by atoms with van der Waals surface area (Å²) in [6.45, 7) is 0. The van der Waals surface area contributed by atoms with Crippen LogP contribution in [-0.2, 0) is 0 Å². The molecule has 0 spiro atoms. The van der Waals surface area contributed by atoms with Crippen molar-refractivity contribution >= 4 is 16.7 Å². The minimum Gasteiger partial charge on any atom is -0.502 e. The summed E-state index contributed by atoms with van der Waals surface area (Å²) in [6, 6.07) is 2.38. The zero-order chi connectivity index (χ0) is 9.42. The molecule has 0 saturated heterocycles. The van der Waals surface area contributed by atoms with Crippen LogP contribution in [-0.4, -0.2) is 15.2 Å². The number of rotatable bonds is 1. The molecule has 1 aromatic carbocycles. The molecule has 0 atom stereocenters. The second kappa shape index (κ2) is 2.44. The molecule has 0 saturated carbocycles. The molecule has 6 heteroatoms. The summed E-state index contributed by atoms with van der Waals surface area (Å²) in [4.78, 5) is 9.72.